The molecule has 0 aliphatic rings. The summed E-state index contributed by atoms with van der Waals surface area (Å²) in [7, 11) is 3.64. The van der Waals surface area contributed by atoms with Crippen LogP contribution in [0, 0.1) is 6.92 Å². The molecule has 0 atom stereocenters. The molecule has 0 bridgehead atoms. The molecule has 4 heteroatoms. The molecular formula is C15H21N3O. The lowest BCUT2D eigenvalue weighted by Crippen LogP contribution is -2.35. The van der Waals surface area contributed by atoms with E-state index in [1.807, 2.05) is 31.7 Å². The van der Waals surface area contributed by atoms with E-state index in [1.54, 1.807) is 7.11 Å². The molecule has 0 unspecified atom stereocenters. The Morgan fingerprint density at radius 2 is 2.05 bits per heavy atom. The molecule has 2 aromatic rings. The van der Waals surface area contributed by atoms with E-state index in [4.69, 9.17) is 4.74 Å². The minimum absolute atomic E-state index is 0.161. The molecule has 19 heavy (non-hydrogen) atoms. The second-order valence-corrected chi connectivity index (χ2v) is 5.20. The molecule has 0 saturated heterocycles. The molecule has 4 nitrogen and oxygen atoms in total. The van der Waals surface area contributed by atoms with Crippen LogP contribution in [0.2, 0.25) is 0 Å². The van der Waals surface area contributed by atoms with Crippen LogP contribution < -0.4 is 10.1 Å². The highest BCUT2D eigenvalue weighted by Crippen LogP contribution is 2.29. The Hall–Kier alpha value is -1.81. The molecule has 0 saturated carbocycles. The van der Waals surface area contributed by atoms with Crippen LogP contribution in [0.5, 0.6) is 5.75 Å². The van der Waals surface area contributed by atoms with Gasteiger partial charge < -0.3 is 10.1 Å². The van der Waals surface area contributed by atoms with Crippen LogP contribution in [0.15, 0.2) is 30.7 Å². The fourth-order valence-corrected chi connectivity index (χ4v) is 2.07. The van der Waals surface area contributed by atoms with Crippen LogP contribution in [0.4, 0.5) is 0 Å². The SMILES string of the molecule is CNC(C)(C)c1cncn1-c1cc(C)ccc1OC. The monoisotopic (exact) mass is 259 g/mol. The van der Waals surface area contributed by atoms with Gasteiger partial charge in [-0.15, -0.1) is 0 Å². The van der Waals surface area contributed by atoms with Crippen molar-refractivity contribution in [2.24, 2.45) is 0 Å². The van der Waals surface area contributed by atoms with Crippen molar-refractivity contribution in [2.45, 2.75) is 26.3 Å². The summed E-state index contributed by atoms with van der Waals surface area (Å²) in [6.45, 7) is 6.33. The normalized spacial score (nSPS) is 11.6. The van der Waals surface area contributed by atoms with Gasteiger partial charge in [0.2, 0.25) is 0 Å². The third kappa shape index (κ3) is 2.49. The van der Waals surface area contributed by atoms with Crippen LogP contribution in [0.3, 0.4) is 0 Å². The molecule has 102 valence electrons. The Bertz CT molecular complexity index is 573. The number of hydrogen-bond acceptors (Lipinski definition) is 3. The van der Waals surface area contributed by atoms with Gasteiger partial charge in [-0.2, -0.15) is 0 Å². The maximum Gasteiger partial charge on any atom is 0.142 e. The summed E-state index contributed by atoms with van der Waals surface area (Å²) in [5.74, 6) is 0.844. The molecule has 1 aromatic heterocycles. The van der Waals surface area contributed by atoms with Crippen LogP contribution >= 0.6 is 0 Å². The summed E-state index contributed by atoms with van der Waals surface area (Å²) < 4.78 is 7.53. The van der Waals surface area contributed by atoms with Crippen molar-refractivity contribution in [1.82, 2.24) is 14.9 Å². The molecule has 0 aliphatic heterocycles. The molecule has 0 spiro atoms. The molecule has 1 aromatic carbocycles. The highest BCUT2D eigenvalue weighted by molar-refractivity contribution is 5.50. The zero-order chi connectivity index (χ0) is 14.0. The fraction of sp³-hybridized carbons (Fsp3) is 0.400. The van der Waals surface area contributed by atoms with E-state index >= 15 is 0 Å². The van der Waals surface area contributed by atoms with Gasteiger partial charge in [0.25, 0.3) is 0 Å². The first-order chi connectivity index (χ1) is 8.99. The Balaban J connectivity index is 2.60. The van der Waals surface area contributed by atoms with E-state index in [0.29, 0.717) is 0 Å². The first-order valence-corrected chi connectivity index (χ1v) is 6.36. The van der Waals surface area contributed by atoms with E-state index in [0.717, 1.165) is 17.1 Å². The number of hydrogen-bond donors (Lipinski definition) is 1. The van der Waals surface area contributed by atoms with Gasteiger partial charge in [0.1, 0.15) is 5.75 Å². The van der Waals surface area contributed by atoms with E-state index in [1.165, 1.54) is 5.56 Å². The van der Waals surface area contributed by atoms with Crippen molar-refractivity contribution in [3.63, 3.8) is 0 Å². The van der Waals surface area contributed by atoms with Crippen LogP contribution in [0.25, 0.3) is 5.69 Å². The summed E-state index contributed by atoms with van der Waals surface area (Å²) in [5.41, 5.74) is 3.14. The van der Waals surface area contributed by atoms with Crippen molar-refractivity contribution in [3.05, 3.63) is 42.0 Å². The summed E-state index contributed by atoms with van der Waals surface area (Å²) in [6, 6.07) is 6.14. The number of benzene rings is 1. The number of aromatic nitrogens is 2. The maximum absolute atomic E-state index is 5.46. The largest absolute Gasteiger partial charge is 0.495 e. The van der Waals surface area contributed by atoms with Gasteiger partial charge in [-0.25, -0.2) is 4.98 Å². The Labute approximate surface area is 114 Å². The molecule has 1 heterocycles. The molecule has 0 amide bonds. The predicted octanol–water partition coefficient (Wildman–Crippen LogP) is 2.64. The number of methoxy groups -OCH3 is 1. The van der Waals surface area contributed by atoms with Gasteiger partial charge in [-0.1, -0.05) is 6.07 Å². The highest BCUT2D eigenvalue weighted by Gasteiger charge is 2.23. The molecule has 0 radical (unpaired) electrons. The molecule has 1 N–H and O–H groups in total. The standard InChI is InChI=1S/C15H21N3O/c1-11-6-7-13(19-5)12(8-11)18-10-17-9-14(18)15(2,3)16-4/h6-10,16H,1-5H3. The summed E-state index contributed by atoms with van der Waals surface area (Å²) in [5, 5.41) is 3.30. The zero-order valence-electron chi connectivity index (χ0n) is 12.2. The van der Waals surface area contributed by atoms with Crippen LogP contribution in [-0.2, 0) is 5.54 Å². The van der Waals surface area contributed by atoms with Crippen molar-refractivity contribution in [2.75, 3.05) is 14.2 Å². The topological polar surface area (TPSA) is 39.1 Å². The molecule has 0 fully saturated rings. The molecule has 2 rings (SSSR count). The van der Waals surface area contributed by atoms with E-state index in [2.05, 4.69) is 41.7 Å². The highest BCUT2D eigenvalue weighted by atomic mass is 16.5. The number of nitrogens with zero attached hydrogens (tertiary/aromatic N) is 2. The summed E-state index contributed by atoms with van der Waals surface area (Å²) in [6.07, 6.45) is 3.71. The average molecular weight is 259 g/mol. The number of imidazole rings is 1. The number of nitrogens with one attached hydrogen (secondary N) is 1. The predicted molar refractivity (Wildman–Crippen MR) is 76.9 cm³/mol. The lowest BCUT2D eigenvalue weighted by Gasteiger charge is -2.26. The van der Waals surface area contributed by atoms with Gasteiger partial charge in [0, 0.05) is 0 Å². The van der Waals surface area contributed by atoms with Crippen molar-refractivity contribution in [3.8, 4) is 11.4 Å². The Kier molecular flexibility index (Phi) is 3.62. The first kappa shape index (κ1) is 13.6. The van der Waals surface area contributed by atoms with Gasteiger partial charge in [-0.05, 0) is 45.5 Å². The second-order valence-electron chi connectivity index (χ2n) is 5.20. The third-order valence-corrected chi connectivity index (χ3v) is 3.50. The number of rotatable bonds is 4. The van der Waals surface area contributed by atoms with Gasteiger partial charge >= 0.3 is 0 Å². The lowest BCUT2D eigenvalue weighted by molar-refractivity contribution is 0.404. The van der Waals surface area contributed by atoms with Crippen LogP contribution in [0.1, 0.15) is 25.1 Å². The Morgan fingerprint density at radius 3 is 2.68 bits per heavy atom. The molecular weight excluding hydrogens is 238 g/mol. The van der Waals surface area contributed by atoms with E-state index < -0.39 is 0 Å². The van der Waals surface area contributed by atoms with Gasteiger partial charge in [-0.3, -0.25) is 4.57 Å². The second kappa shape index (κ2) is 5.05. The third-order valence-electron chi connectivity index (χ3n) is 3.50. The smallest absolute Gasteiger partial charge is 0.142 e. The van der Waals surface area contributed by atoms with Gasteiger partial charge in [0.15, 0.2) is 0 Å². The average Bonchev–Trinajstić information content (AvgIpc) is 2.88. The van der Waals surface area contributed by atoms with Gasteiger partial charge in [0.05, 0.1) is 36.6 Å². The van der Waals surface area contributed by atoms with E-state index in [-0.39, 0.29) is 5.54 Å². The maximum atomic E-state index is 5.46. The van der Waals surface area contributed by atoms with E-state index in [9.17, 15) is 0 Å². The zero-order valence-corrected chi connectivity index (χ0v) is 12.2. The first-order valence-electron chi connectivity index (χ1n) is 6.36. The van der Waals surface area contributed by atoms with Crippen molar-refractivity contribution < 1.29 is 4.74 Å². The fourth-order valence-electron chi connectivity index (χ4n) is 2.07. The van der Waals surface area contributed by atoms with Crippen molar-refractivity contribution >= 4 is 0 Å². The number of ether oxygens (including phenoxy) is 1. The summed E-state index contributed by atoms with van der Waals surface area (Å²) in [4.78, 5) is 4.29. The summed E-state index contributed by atoms with van der Waals surface area (Å²) >= 11 is 0. The minimum Gasteiger partial charge on any atom is -0.495 e. The quantitative estimate of drug-likeness (QED) is 0.917. The Morgan fingerprint density at radius 1 is 1.32 bits per heavy atom. The lowest BCUT2D eigenvalue weighted by atomic mass is 10.0. The van der Waals surface area contributed by atoms with Crippen molar-refractivity contribution in [1.29, 1.82) is 0 Å². The number of aryl methyl sites for hydroxylation is 1. The minimum atomic E-state index is -0.161. The molecule has 0 aliphatic carbocycles. The van der Waals surface area contributed by atoms with Crippen LogP contribution in [-0.4, -0.2) is 23.7 Å².